The minimum atomic E-state index is -1.32. The van der Waals surface area contributed by atoms with Crippen molar-refractivity contribution in [2.75, 3.05) is 0 Å². The van der Waals surface area contributed by atoms with E-state index >= 15 is 0 Å². The molecule has 0 radical (unpaired) electrons. The molecule has 0 aromatic carbocycles. The number of carbonyl (C=O) groups is 1. The molecular formula is C9H17BO5. The fraction of sp³-hybridized carbons (Fsp3) is 0.889. The van der Waals surface area contributed by atoms with Crippen molar-refractivity contribution in [2.24, 2.45) is 11.8 Å². The third-order valence-electron chi connectivity index (χ3n) is 3.07. The van der Waals surface area contributed by atoms with Gasteiger partial charge in [0.2, 0.25) is 0 Å². The molecule has 5 nitrogen and oxygen atoms in total. The van der Waals surface area contributed by atoms with Gasteiger partial charge in [-0.05, 0) is 31.5 Å². The molecule has 15 heavy (non-hydrogen) atoms. The lowest BCUT2D eigenvalue weighted by molar-refractivity contribution is -0.148. The number of carboxylic acids is 1. The Labute approximate surface area is 88.9 Å². The van der Waals surface area contributed by atoms with E-state index in [1.54, 1.807) is 0 Å². The van der Waals surface area contributed by atoms with E-state index in [0.717, 1.165) is 6.42 Å². The van der Waals surface area contributed by atoms with Crippen LogP contribution in [0.25, 0.3) is 0 Å². The second-order valence-corrected chi connectivity index (χ2v) is 4.25. The average Bonchev–Trinajstić information content (AvgIpc) is 2.16. The monoisotopic (exact) mass is 216 g/mol. The van der Waals surface area contributed by atoms with Crippen LogP contribution in [-0.4, -0.2) is 39.5 Å². The Morgan fingerprint density at radius 1 is 1.33 bits per heavy atom. The molecule has 1 aliphatic carbocycles. The van der Waals surface area contributed by atoms with Crippen LogP contribution < -0.4 is 0 Å². The lowest BCUT2D eigenvalue weighted by Gasteiger charge is -2.30. The lowest BCUT2D eigenvalue weighted by Crippen LogP contribution is -2.35. The summed E-state index contributed by atoms with van der Waals surface area (Å²) in [5.41, 5.74) is 0. The molecule has 4 N–H and O–H groups in total. The summed E-state index contributed by atoms with van der Waals surface area (Å²) in [6, 6.07) is 0. The standard InChI is InChI=1S/C9H17BO5/c11-8-2-1-6(3-4-10(14)15)5-7(8)9(12)13/h6-8,11,14-15H,1-5H2,(H,12,13)/t6?,7-,8+/m0/s1. The van der Waals surface area contributed by atoms with E-state index < -0.39 is 25.1 Å². The topological polar surface area (TPSA) is 98.0 Å². The summed E-state index contributed by atoms with van der Waals surface area (Å²) in [5.74, 6) is -1.48. The molecule has 0 aliphatic heterocycles. The summed E-state index contributed by atoms with van der Waals surface area (Å²) in [4.78, 5) is 10.8. The Hall–Kier alpha value is -0.585. The maximum Gasteiger partial charge on any atom is 0.451 e. The van der Waals surface area contributed by atoms with E-state index in [0.29, 0.717) is 19.3 Å². The van der Waals surface area contributed by atoms with E-state index in [2.05, 4.69) is 0 Å². The molecule has 1 aliphatic rings. The second-order valence-electron chi connectivity index (χ2n) is 4.25. The molecule has 0 heterocycles. The molecule has 1 rings (SSSR count). The van der Waals surface area contributed by atoms with Gasteiger partial charge >= 0.3 is 13.1 Å². The lowest BCUT2D eigenvalue weighted by atomic mass is 9.73. The Morgan fingerprint density at radius 2 is 2.00 bits per heavy atom. The molecular weight excluding hydrogens is 199 g/mol. The van der Waals surface area contributed by atoms with Gasteiger partial charge < -0.3 is 20.3 Å². The maximum absolute atomic E-state index is 10.8. The first-order valence-electron chi connectivity index (χ1n) is 5.27. The fourth-order valence-corrected chi connectivity index (χ4v) is 2.15. The molecule has 86 valence electrons. The molecule has 1 unspecified atom stereocenters. The second kappa shape index (κ2) is 5.49. The van der Waals surface area contributed by atoms with Gasteiger partial charge in [-0.25, -0.2) is 0 Å². The zero-order valence-electron chi connectivity index (χ0n) is 8.54. The highest BCUT2D eigenvalue weighted by Crippen LogP contribution is 2.32. The van der Waals surface area contributed by atoms with Gasteiger partial charge in [0.15, 0.2) is 0 Å². The van der Waals surface area contributed by atoms with Crippen LogP contribution in [0.15, 0.2) is 0 Å². The van der Waals surface area contributed by atoms with Gasteiger partial charge in [0.1, 0.15) is 0 Å². The summed E-state index contributed by atoms with van der Waals surface area (Å²) in [6.45, 7) is 0. The molecule has 0 amide bonds. The Balaban J connectivity index is 2.40. The molecule has 0 spiro atoms. The van der Waals surface area contributed by atoms with E-state index in [1.807, 2.05) is 0 Å². The Bertz CT molecular complexity index is 221. The molecule has 0 saturated heterocycles. The Morgan fingerprint density at radius 3 is 2.53 bits per heavy atom. The first-order chi connectivity index (χ1) is 7.00. The van der Waals surface area contributed by atoms with Crippen molar-refractivity contribution in [3.8, 4) is 0 Å². The average molecular weight is 216 g/mol. The van der Waals surface area contributed by atoms with Crippen molar-refractivity contribution in [3.05, 3.63) is 0 Å². The van der Waals surface area contributed by atoms with Crippen molar-refractivity contribution in [3.63, 3.8) is 0 Å². The van der Waals surface area contributed by atoms with Crippen LogP contribution in [0.4, 0.5) is 0 Å². The van der Waals surface area contributed by atoms with Crippen LogP contribution in [0.3, 0.4) is 0 Å². The van der Waals surface area contributed by atoms with E-state index in [9.17, 15) is 9.90 Å². The van der Waals surface area contributed by atoms with Crippen LogP contribution in [0, 0.1) is 11.8 Å². The highest BCUT2D eigenvalue weighted by atomic mass is 16.4. The highest BCUT2D eigenvalue weighted by molar-refractivity contribution is 6.40. The van der Waals surface area contributed by atoms with Gasteiger partial charge in [-0.15, -0.1) is 0 Å². The van der Waals surface area contributed by atoms with Crippen LogP contribution in [0.1, 0.15) is 25.7 Å². The third kappa shape index (κ3) is 3.81. The number of aliphatic hydroxyl groups excluding tert-OH is 1. The zero-order chi connectivity index (χ0) is 11.4. The summed E-state index contributed by atoms with van der Waals surface area (Å²) in [7, 11) is -1.32. The first-order valence-corrected chi connectivity index (χ1v) is 5.27. The van der Waals surface area contributed by atoms with E-state index in [1.165, 1.54) is 0 Å². The van der Waals surface area contributed by atoms with Crippen molar-refractivity contribution < 1.29 is 25.1 Å². The number of rotatable bonds is 4. The normalized spacial score (nSPS) is 31.3. The molecule has 1 saturated carbocycles. The molecule has 6 heteroatoms. The number of aliphatic hydroxyl groups is 1. The van der Waals surface area contributed by atoms with Gasteiger partial charge in [0, 0.05) is 0 Å². The van der Waals surface area contributed by atoms with Crippen LogP contribution in [-0.2, 0) is 4.79 Å². The number of hydrogen-bond donors (Lipinski definition) is 4. The molecule has 3 atom stereocenters. The molecule has 0 bridgehead atoms. The minimum Gasteiger partial charge on any atom is -0.481 e. The van der Waals surface area contributed by atoms with E-state index in [-0.39, 0.29) is 12.2 Å². The number of aliphatic carboxylic acids is 1. The first kappa shape index (κ1) is 12.5. The predicted molar refractivity (Wildman–Crippen MR) is 54.1 cm³/mol. The Kier molecular flexibility index (Phi) is 4.57. The maximum atomic E-state index is 10.8. The zero-order valence-corrected chi connectivity index (χ0v) is 8.54. The van der Waals surface area contributed by atoms with Crippen molar-refractivity contribution in [2.45, 2.75) is 38.1 Å². The van der Waals surface area contributed by atoms with Crippen LogP contribution >= 0.6 is 0 Å². The quantitative estimate of drug-likeness (QED) is 0.484. The van der Waals surface area contributed by atoms with Gasteiger partial charge in [0.25, 0.3) is 0 Å². The molecule has 1 fully saturated rings. The largest absolute Gasteiger partial charge is 0.481 e. The van der Waals surface area contributed by atoms with Crippen molar-refractivity contribution >= 4 is 13.1 Å². The number of carboxylic acid groups (broad SMARTS) is 1. The van der Waals surface area contributed by atoms with Crippen molar-refractivity contribution in [1.29, 1.82) is 0 Å². The van der Waals surface area contributed by atoms with Gasteiger partial charge in [0.05, 0.1) is 12.0 Å². The predicted octanol–water partition coefficient (Wildman–Crippen LogP) is -0.289. The summed E-state index contributed by atoms with van der Waals surface area (Å²) >= 11 is 0. The fourth-order valence-electron chi connectivity index (χ4n) is 2.15. The minimum absolute atomic E-state index is 0.177. The van der Waals surface area contributed by atoms with Crippen LogP contribution in [0.2, 0.25) is 6.32 Å². The van der Waals surface area contributed by atoms with Gasteiger partial charge in [-0.3, -0.25) is 4.79 Å². The SMILES string of the molecule is O=C(O)[C@H]1CC(CCB(O)O)CC[C@H]1O. The molecule has 0 aromatic heterocycles. The van der Waals surface area contributed by atoms with Gasteiger partial charge in [-0.1, -0.05) is 6.42 Å². The summed E-state index contributed by atoms with van der Waals surface area (Å²) < 4.78 is 0. The van der Waals surface area contributed by atoms with Crippen molar-refractivity contribution in [1.82, 2.24) is 0 Å². The number of hydrogen-bond acceptors (Lipinski definition) is 4. The summed E-state index contributed by atoms with van der Waals surface area (Å²) in [5, 5.41) is 35.7. The highest BCUT2D eigenvalue weighted by Gasteiger charge is 2.34. The van der Waals surface area contributed by atoms with E-state index in [4.69, 9.17) is 15.2 Å². The van der Waals surface area contributed by atoms with Crippen LogP contribution in [0.5, 0.6) is 0 Å². The smallest absolute Gasteiger partial charge is 0.451 e. The summed E-state index contributed by atoms with van der Waals surface area (Å²) in [6.07, 6.45) is 1.81. The third-order valence-corrected chi connectivity index (χ3v) is 3.07. The molecule has 0 aromatic rings. The van der Waals surface area contributed by atoms with Gasteiger partial charge in [-0.2, -0.15) is 0 Å².